The summed E-state index contributed by atoms with van der Waals surface area (Å²) < 4.78 is 32.9. The molecule has 2 aliphatic rings. The number of aromatic nitrogens is 3. The molecule has 2 saturated heterocycles. The summed E-state index contributed by atoms with van der Waals surface area (Å²) in [6.07, 6.45) is -0.924. The average Bonchev–Trinajstić information content (AvgIpc) is 3.40. The molecular weight excluding hydrogens is 518 g/mol. The molecule has 0 bridgehead atoms. The highest BCUT2D eigenvalue weighted by atomic mass is 35.5. The Labute approximate surface area is 220 Å². The number of nitrogens with zero attached hydrogens (tertiary/aromatic N) is 3. The number of halogens is 1. The minimum absolute atomic E-state index is 0.0970. The summed E-state index contributed by atoms with van der Waals surface area (Å²) in [4.78, 5) is 8.84. The molecule has 0 aliphatic carbocycles. The van der Waals surface area contributed by atoms with Crippen LogP contribution in [0.15, 0.2) is 6.07 Å². The molecule has 12 heteroatoms. The van der Waals surface area contributed by atoms with Gasteiger partial charge in [0.2, 0.25) is 5.88 Å². The zero-order valence-corrected chi connectivity index (χ0v) is 25.4. The van der Waals surface area contributed by atoms with Crippen LogP contribution in [0.3, 0.4) is 0 Å². The van der Waals surface area contributed by atoms with Gasteiger partial charge >= 0.3 is 6.01 Å². The van der Waals surface area contributed by atoms with Crippen LogP contribution in [0, 0.1) is 0 Å². The van der Waals surface area contributed by atoms with Crippen molar-refractivity contribution in [2.24, 2.45) is 0 Å². The van der Waals surface area contributed by atoms with Crippen LogP contribution in [0.2, 0.25) is 48.8 Å². The van der Waals surface area contributed by atoms with Crippen LogP contribution in [0.5, 0.6) is 11.9 Å². The predicted molar refractivity (Wildman–Crippen MR) is 144 cm³/mol. The Morgan fingerprint density at radius 1 is 1.08 bits per heavy atom. The van der Waals surface area contributed by atoms with E-state index in [0.29, 0.717) is 37.0 Å². The summed E-state index contributed by atoms with van der Waals surface area (Å²) >= 11 is 6.09. The lowest BCUT2D eigenvalue weighted by Gasteiger charge is -2.39. The Balaban J connectivity index is 1.51. The van der Waals surface area contributed by atoms with Crippen LogP contribution in [-0.4, -0.2) is 80.3 Å². The number of aromatic hydroxyl groups is 1. The second-order valence-electron chi connectivity index (χ2n) is 12.5. The first kappa shape index (κ1) is 27.8. The van der Waals surface area contributed by atoms with Gasteiger partial charge in [-0.25, -0.2) is 0 Å². The zero-order chi connectivity index (χ0) is 26.5. The predicted octanol–water partition coefficient (Wildman–Crippen LogP) is 5.04. The molecular formula is C24H40ClN3O6Si2. The van der Waals surface area contributed by atoms with E-state index in [1.165, 1.54) is 0 Å². The fourth-order valence-electron chi connectivity index (χ4n) is 4.06. The third-order valence-electron chi connectivity index (χ3n) is 7.31. The van der Waals surface area contributed by atoms with Crippen LogP contribution in [0.25, 0.3) is 11.2 Å². The Kier molecular flexibility index (Phi) is 7.85. The molecule has 36 heavy (non-hydrogen) atoms. The molecule has 0 spiro atoms. The number of ether oxygens (including phenoxy) is 4. The molecule has 0 amide bonds. The maximum absolute atomic E-state index is 10.1. The third kappa shape index (κ3) is 5.92. The van der Waals surface area contributed by atoms with Crippen molar-refractivity contribution < 1.29 is 28.5 Å². The second kappa shape index (κ2) is 10.2. The highest BCUT2D eigenvalue weighted by Gasteiger charge is 2.52. The molecule has 2 aromatic rings. The summed E-state index contributed by atoms with van der Waals surface area (Å²) in [6.45, 7) is 19.7. The number of hydrogen-bond donors (Lipinski definition) is 1. The number of pyridine rings is 1. The SMILES string of the molecule is CC(C)(C)[Si](C)(C)OC1CO[C@H]2[C@@H]1OC[C@H]2Oc1nc2cc(Cl)c(O)nc2n1COCC[Si](C)(C)C. The van der Waals surface area contributed by atoms with E-state index in [2.05, 4.69) is 63.5 Å². The first-order valence-corrected chi connectivity index (χ1v) is 19.6. The number of hydrogen-bond acceptors (Lipinski definition) is 8. The lowest BCUT2D eigenvalue weighted by Crippen LogP contribution is -2.47. The number of fused-ring (bicyclic) bond motifs is 2. The Morgan fingerprint density at radius 2 is 1.72 bits per heavy atom. The lowest BCUT2D eigenvalue weighted by molar-refractivity contribution is 0.00686. The Morgan fingerprint density at radius 3 is 2.36 bits per heavy atom. The maximum atomic E-state index is 10.1. The van der Waals surface area contributed by atoms with E-state index in [-0.39, 0.29) is 47.1 Å². The molecule has 1 N–H and O–H groups in total. The van der Waals surface area contributed by atoms with Gasteiger partial charge < -0.3 is 28.5 Å². The van der Waals surface area contributed by atoms with Crippen molar-refractivity contribution in [3.63, 3.8) is 0 Å². The van der Waals surface area contributed by atoms with Crippen LogP contribution in [0.4, 0.5) is 0 Å². The Bertz CT molecular complexity index is 1080. The molecule has 4 heterocycles. The van der Waals surface area contributed by atoms with Crippen molar-refractivity contribution >= 4 is 39.2 Å². The second-order valence-corrected chi connectivity index (χ2v) is 23.3. The minimum Gasteiger partial charge on any atom is -0.492 e. The van der Waals surface area contributed by atoms with E-state index in [4.69, 9.17) is 35.0 Å². The van der Waals surface area contributed by atoms with Crippen molar-refractivity contribution in [2.45, 2.75) is 95.7 Å². The molecule has 4 atom stereocenters. The van der Waals surface area contributed by atoms with Gasteiger partial charge in [-0.05, 0) is 30.2 Å². The molecule has 9 nitrogen and oxygen atoms in total. The van der Waals surface area contributed by atoms with E-state index < -0.39 is 16.4 Å². The fourth-order valence-corrected chi connectivity index (χ4v) is 6.27. The Hall–Kier alpha value is -1.22. The molecule has 2 aliphatic heterocycles. The standard InChI is InChI=1S/C24H40ClN3O6Si2/c1-24(2,3)36(7,8)34-18-13-32-19-17(12-31-20(18)19)33-23-26-16-11-15(25)22(29)27-21(16)28(23)14-30-9-10-35(4,5)6/h11,17-20H,9-10,12-14H2,1-8H3,(H,27,29)/t17-,18?,19-,20-/m1/s1. The van der Waals surface area contributed by atoms with Crippen molar-refractivity contribution in [2.75, 3.05) is 19.8 Å². The van der Waals surface area contributed by atoms with Gasteiger partial charge in [-0.2, -0.15) is 9.97 Å². The topological polar surface area (TPSA) is 97.1 Å². The van der Waals surface area contributed by atoms with Crippen LogP contribution < -0.4 is 4.74 Å². The molecule has 0 saturated carbocycles. The van der Waals surface area contributed by atoms with Gasteiger partial charge in [0.1, 0.15) is 29.5 Å². The highest BCUT2D eigenvalue weighted by molar-refractivity contribution is 6.76. The molecule has 4 rings (SSSR count). The summed E-state index contributed by atoms with van der Waals surface area (Å²) in [5, 5.41) is 10.3. The number of rotatable bonds is 9. The van der Waals surface area contributed by atoms with E-state index >= 15 is 0 Å². The van der Waals surface area contributed by atoms with E-state index in [0.717, 1.165) is 6.04 Å². The normalized spacial score (nSPS) is 25.0. The first-order valence-electron chi connectivity index (χ1n) is 12.6. The summed E-state index contributed by atoms with van der Waals surface area (Å²) in [5.74, 6) is -0.257. The monoisotopic (exact) mass is 557 g/mol. The van der Waals surface area contributed by atoms with Crippen LogP contribution in [0.1, 0.15) is 20.8 Å². The van der Waals surface area contributed by atoms with E-state index in [9.17, 15) is 5.11 Å². The van der Waals surface area contributed by atoms with Gasteiger partial charge in [-0.15, -0.1) is 0 Å². The van der Waals surface area contributed by atoms with Crippen molar-refractivity contribution in [3.05, 3.63) is 11.1 Å². The van der Waals surface area contributed by atoms with Crippen LogP contribution >= 0.6 is 11.6 Å². The quantitative estimate of drug-likeness (QED) is 0.338. The van der Waals surface area contributed by atoms with Gasteiger partial charge in [0.05, 0.1) is 19.3 Å². The van der Waals surface area contributed by atoms with Crippen molar-refractivity contribution in [1.82, 2.24) is 14.5 Å². The maximum Gasteiger partial charge on any atom is 0.301 e. The third-order valence-corrected chi connectivity index (χ3v) is 13.8. The van der Waals surface area contributed by atoms with Crippen molar-refractivity contribution in [3.8, 4) is 11.9 Å². The zero-order valence-electron chi connectivity index (χ0n) is 22.6. The minimum atomic E-state index is -1.98. The number of imidazole rings is 1. The van der Waals surface area contributed by atoms with Gasteiger partial charge in [0, 0.05) is 14.7 Å². The molecule has 2 fully saturated rings. The van der Waals surface area contributed by atoms with Gasteiger partial charge in [0.25, 0.3) is 0 Å². The van der Waals surface area contributed by atoms with E-state index in [1.54, 1.807) is 10.6 Å². The van der Waals surface area contributed by atoms with Gasteiger partial charge in [-0.1, -0.05) is 52.0 Å². The van der Waals surface area contributed by atoms with Crippen LogP contribution in [-0.2, 0) is 25.4 Å². The molecule has 0 aromatic carbocycles. The largest absolute Gasteiger partial charge is 0.492 e. The van der Waals surface area contributed by atoms with Crippen molar-refractivity contribution in [1.29, 1.82) is 0 Å². The van der Waals surface area contributed by atoms with Gasteiger partial charge in [-0.3, -0.25) is 4.57 Å². The summed E-state index contributed by atoms with van der Waals surface area (Å²) in [7, 11) is -3.21. The molecule has 2 aromatic heterocycles. The highest BCUT2D eigenvalue weighted by Crippen LogP contribution is 2.40. The van der Waals surface area contributed by atoms with E-state index in [1.807, 2.05) is 0 Å². The fraction of sp³-hybridized carbons (Fsp3) is 0.750. The summed E-state index contributed by atoms with van der Waals surface area (Å²) in [5.41, 5.74) is 0.963. The lowest BCUT2D eigenvalue weighted by atomic mass is 10.1. The molecule has 0 radical (unpaired) electrons. The molecule has 202 valence electrons. The summed E-state index contributed by atoms with van der Waals surface area (Å²) in [6, 6.07) is 2.94. The van der Waals surface area contributed by atoms with Gasteiger partial charge in [0.15, 0.2) is 20.1 Å². The first-order chi connectivity index (χ1) is 16.7. The smallest absolute Gasteiger partial charge is 0.301 e. The average molecular weight is 558 g/mol. The molecule has 1 unspecified atom stereocenters.